The van der Waals surface area contributed by atoms with Gasteiger partial charge in [-0.1, -0.05) is 33.8 Å². The minimum atomic E-state index is -0.957. The van der Waals surface area contributed by atoms with E-state index in [9.17, 15) is 18.4 Å². The average Bonchev–Trinajstić information content (AvgIpc) is 2.77. The Bertz CT molecular complexity index is 941. The zero-order valence-electron chi connectivity index (χ0n) is 19.9. The predicted molar refractivity (Wildman–Crippen MR) is 125 cm³/mol. The molecule has 2 aliphatic heterocycles. The number of fused-ring (bicyclic) bond motifs is 1. The third-order valence-corrected chi connectivity index (χ3v) is 6.55. The van der Waals surface area contributed by atoms with Crippen LogP contribution >= 0.6 is 0 Å². The minimum absolute atomic E-state index is 0.000639. The number of benzene rings is 1. The van der Waals surface area contributed by atoms with Crippen molar-refractivity contribution >= 4 is 23.1 Å². The van der Waals surface area contributed by atoms with Gasteiger partial charge in [-0.3, -0.25) is 9.59 Å². The summed E-state index contributed by atoms with van der Waals surface area (Å²) in [6.07, 6.45) is 4.31. The third kappa shape index (κ3) is 6.14. The molecule has 7 heteroatoms. The van der Waals surface area contributed by atoms with E-state index in [1.807, 2.05) is 19.9 Å². The van der Waals surface area contributed by atoms with Gasteiger partial charge in [0.05, 0.1) is 11.7 Å². The Morgan fingerprint density at radius 3 is 2.58 bits per heavy atom. The van der Waals surface area contributed by atoms with Crippen molar-refractivity contribution < 1.29 is 23.1 Å². The van der Waals surface area contributed by atoms with E-state index in [-0.39, 0.29) is 35.4 Å². The second-order valence-electron chi connectivity index (χ2n) is 9.50. The molecule has 1 aromatic carbocycles. The number of allylic oxidation sites excluding steroid dienone is 1. The molecule has 0 spiro atoms. The molecule has 0 aromatic heterocycles. The van der Waals surface area contributed by atoms with Crippen LogP contribution in [0.2, 0.25) is 0 Å². The van der Waals surface area contributed by atoms with Crippen molar-refractivity contribution in [1.82, 2.24) is 5.32 Å². The van der Waals surface area contributed by atoms with Gasteiger partial charge in [-0.25, -0.2) is 13.8 Å². The van der Waals surface area contributed by atoms with E-state index in [0.29, 0.717) is 49.4 Å². The molecule has 1 aromatic rings. The number of halogens is 2. The maximum absolute atomic E-state index is 14.0. The number of Topliss-reactive ketones (excluding diaryl/α,β-unsaturated/α-hetero) is 1. The lowest BCUT2D eigenvalue weighted by atomic mass is 9.74. The lowest BCUT2D eigenvalue weighted by Gasteiger charge is -2.36. The smallest absolute Gasteiger partial charge is 0.266 e. The normalized spacial score (nSPS) is 24.2. The summed E-state index contributed by atoms with van der Waals surface area (Å²) in [6, 6.07) is 3.08. The zero-order valence-corrected chi connectivity index (χ0v) is 19.9. The molecular formula is C26H34F2N2O3. The van der Waals surface area contributed by atoms with Gasteiger partial charge in [0.25, 0.3) is 5.91 Å². The summed E-state index contributed by atoms with van der Waals surface area (Å²) < 4.78 is 33.2. The largest absolute Gasteiger partial charge is 0.381 e. The minimum Gasteiger partial charge on any atom is -0.381 e. The SMILES string of the molecule is CCC(=O)C(CC(C)C)NC(=O)C1=NC(c2ccc(F)c(F)c2)=CC2C(C)CCOCCC12. The molecule has 3 rings (SSSR count). The van der Waals surface area contributed by atoms with Gasteiger partial charge in [0.15, 0.2) is 17.4 Å². The molecule has 1 saturated heterocycles. The van der Waals surface area contributed by atoms with Crippen molar-refractivity contribution in [2.24, 2.45) is 28.7 Å². The van der Waals surface area contributed by atoms with Crippen molar-refractivity contribution in [3.8, 4) is 0 Å². The van der Waals surface area contributed by atoms with E-state index in [2.05, 4.69) is 17.2 Å². The van der Waals surface area contributed by atoms with Crippen LogP contribution in [0.3, 0.4) is 0 Å². The lowest BCUT2D eigenvalue weighted by molar-refractivity contribution is -0.125. The van der Waals surface area contributed by atoms with Crippen LogP contribution in [0.4, 0.5) is 8.78 Å². The number of carbonyl (C=O) groups excluding carboxylic acids is 2. The second kappa shape index (κ2) is 11.1. The highest BCUT2D eigenvalue weighted by Crippen LogP contribution is 2.38. The van der Waals surface area contributed by atoms with Gasteiger partial charge in [0.2, 0.25) is 0 Å². The fourth-order valence-electron chi connectivity index (χ4n) is 4.65. The first kappa shape index (κ1) is 25.2. The summed E-state index contributed by atoms with van der Waals surface area (Å²) in [5.74, 6) is -2.01. The molecule has 0 bridgehead atoms. The van der Waals surface area contributed by atoms with E-state index in [1.54, 1.807) is 6.92 Å². The lowest BCUT2D eigenvalue weighted by Crippen LogP contribution is -2.48. The molecule has 0 radical (unpaired) electrons. The molecule has 180 valence electrons. The molecule has 1 fully saturated rings. The van der Waals surface area contributed by atoms with Crippen molar-refractivity contribution in [3.05, 3.63) is 41.5 Å². The molecule has 1 N–H and O–H groups in total. The first-order valence-corrected chi connectivity index (χ1v) is 11.9. The molecule has 2 heterocycles. The Morgan fingerprint density at radius 2 is 1.91 bits per heavy atom. The van der Waals surface area contributed by atoms with Crippen LogP contribution in [0.1, 0.15) is 58.9 Å². The molecule has 33 heavy (non-hydrogen) atoms. The van der Waals surface area contributed by atoms with Gasteiger partial charge < -0.3 is 10.1 Å². The number of aliphatic imine (C=N–C) groups is 1. The van der Waals surface area contributed by atoms with E-state index in [1.165, 1.54) is 6.07 Å². The van der Waals surface area contributed by atoms with Gasteiger partial charge in [-0.2, -0.15) is 0 Å². The zero-order chi connectivity index (χ0) is 24.1. The van der Waals surface area contributed by atoms with Crippen LogP contribution in [0, 0.1) is 35.3 Å². The number of hydrogen-bond acceptors (Lipinski definition) is 4. The summed E-state index contributed by atoms with van der Waals surface area (Å²) in [7, 11) is 0. The van der Waals surface area contributed by atoms with E-state index in [0.717, 1.165) is 18.6 Å². The Hall–Kier alpha value is -2.41. The van der Waals surface area contributed by atoms with E-state index in [4.69, 9.17) is 4.74 Å². The summed E-state index contributed by atoms with van der Waals surface area (Å²) in [4.78, 5) is 30.6. The highest BCUT2D eigenvalue weighted by atomic mass is 19.2. The number of hydrogen-bond donors (Lipinski definition) is 1. The first-order valence-electron chi connectivity index (χ1n) is 11.9. The van der Waals surface area contributed by atoms with E-state index >= 15 is 0 Å². The molecule has 2 aliphatic rings. The molecule has 1 amide bonds. The number of carbonyl (C=O) groups is 2. The predicted octanol–water partition coefficient (Wildman–Crippen LogP) is 4.95. The topological polar surface area (TPSA) is 67.8 Å². The highest BCUT2D eigenvalue weighted by molar-refractivity contribution is 6.41. The fraction of sp³-hybridized carbons (Fsp3) is 0.577. The highest BCUT2D eigenvalue weighted by Gasteiger charge is 2.37. The standard InChI is InChI=1S/C26H34F2N2O3/c1-5-24(31)23(12-15(2)3)30-26(32)25-18-9-11-33-10-8-16(4)19(18)14-22(29-25)17-6-7-20(27)21(28)13-17/h6-7,13-16,18-19,23H,5,8-12H2,1-4H3,(H,30,32). The molecule has 5 nitrogen and oxygen atoms in total. The number of amides is 1. The van der Waals surface area contributed by atoms with Crippen LogP contribution < -0.4 is 5.32 Å². The second-order valence-corrected chi connectivity index (χ2v) is 9.50. The number of ketones is 1. The summed E-state index contributed by atoms with van der Waals surface area (Å²) >= 11 is 0. The third-order valence-electron chi connectivity index (χ3n) is 6.55. The summed E-state index contributed by atoms with van der Waals surface area (Å²) in [6.45, 7) is 9.06. The van der Waals surface area contributed by atoms with Gasteiger partial charge in [-0.05, 0) is 55.2 Å². The maximum Gasteiger partial charge on any atom is 0.266 e. The summed E-state index contributed by atoms with van der Waals surface area (Å²) in [5.41, 5.74) is 1.21. The summed E-state index contributed by atoms with van der Waals surface area (Å²) in [5, 5.41) is 2.92. The first-order chi connectivity index (χ1) is 15.7. The van der Waals surface area contributed by atoms with Crippen LogP contribution in [0.5, 0.6) is 0 Å². The number of nitrogens with zero attached hydrogens (tertiary/aromatic N) is 1. The molecule has 0 aliphatic carbocycles. The van der Waals surface area contributed by atoms with Gasteiger partial charge in [0.1, 0.15) is 5.71 Å². The van der Waals surface area contributed by atoms with Crippen LogP contribution in [-0.2, 0) is 14.3 Å². The van der Waals surface area contributed by atoms with Crippen LogP contribution in [0.25, 0.3) is 5.70 Å². The Kier molecular flexibility index (Phi) is 8.51. The number of rotatable bonds is 7. The quantitative estimate of drug-likeness (QED) is 0.626. The van der Waals surface area contributed by atoms with Crippen LogP contribution in [0.15, 0.2) is 29.3 Å². The number of ether oxygens (including phenoxy) is 1. The van der Waals surface area contributed by atoms with Crippen LogP contribution in [-0.4, -0.2) is 36.7 Å². The Labute approximate surface area is 194 Å². The van der Waals surface area contributed by atoms with Crippen molar-refractivity contribution in [2.45, 2.75) is 59.4 Å². The fourth-order valence-corrected chi connectivity index (χ4v) is 4.65. The number of nitrogens with one attached hydrogen (secondary N) is 1. The van der Waals surface area contributed by atoms with Gasteiger partial charge in [-0.15, -0.1) is 0 Å². The Balaban J connectivity index is 2.00. The molecule has 0 saturated carbocycles. The molecule has 4 atom stereocenters. The van der Waals surface area contributed by atoms with Crippen molar-refractivity contribution in [2.75, 3.05) is 13.2 Å². The Morgan fingerprint density at radius 1 is 1.18 bits per heavy atom. The van der Waals surface area contributed by atoms with E-state index < -0.39 is 17.7 Å². The van der Waals surface area contributed by atoms with Gasteiger partial charge in [0, 0.05) is 31.1 Å². The van der Waals surface area contributed by atoms with Crippen molar-refractivity contribution in [1.29, 1.82) is 0 Å². The molecular weight excluding hydrogens is 426 g/mol. The van der Waals surface area contributed by atoms with Gasteiger partial charge >= 0.3 is 0 Å². The average molecular weight is 461 g/mol. The molecule has 4 unspecified atom stereocenters. The monoisotopic (exact) mass is 460 g/mol. The van der Waals surface area contributed by atoms with Crippen molar-refractivity contribution in [3.63, 3.8) is 0 Å². The maximum atomic E-state index is 14.0.